The summed E-state index contributed by atoms with van der Waals surface area (Å²) in [6.07, 6.45) is 9.76. The van der Waals surface area contributed by atoms with E-state index < -0.39 is 0 Å². The lowest BCUT2D eigenvalue weighted by molar-refractivity contribution is 1.00. The van der Waals surface area contributed by atoms with Gasteiger partial charge in [-0.05, 0) is 11.1 Å². The van der Waals surface area contributed by atoms with Gasteiger partial charge in [-0.25, -0.2) is 19.6 Å². The number of hydrogen-bond acceptors (Lipinski definition) is 4. The van der Waals surface area contributed by atoms with E-state index in [9.17, 15) is 9.59 Å². The van der Waals surface area contributed by atoms with E-state index in [1.165, 1.54) is 8.80 Å². The van der Waals surface area contributed by atoms with E-state index in [1.807, 2.05) is 24.3 Å². The van der Waals surface area contributed by atoms with Crippen molar-refractivity contribution in [3.8, 4) is 22.3 Å². The average molecular weight is 344 g/mol. The van der Waals surface area contributed by atoms with Crippen LogP contribution in [0.2, 0.25) is 0 Å². The van der Waals surface area contributed by atoms with Gasteiger partial charge in [0.2, 0.25) is 0 Å². The van der Waals surface area contributed by atoms with Crippen molar-refractivity contribution in [2.45, 2.75) is 0 Å². The molecule has 0 aliphatic heterocycles. The number of nitrogens with zero attached hydrogens (tertiary/aromatic N) is 4. The molecule has 5 rings (SSSR count). The number of hydrogen-bond donors (Lipinski definition) is 2. The van der Waals surface area contributed by atoms with Gasteiger partial charge in [0, 0.05) is 48.3 Å². The topological polar surface area (TPSA) is 100 Å². The molecule has 0 bridgehead atoms. The summed E-state index contributed by atoms with van der Waals surface area (Å²) in [7, 11) is 0. The number of aromatic amines is 2. The smallest absolute Gasteiger partial charge is 0.313 e. The molecule has 8 nitrogen and oxygen atoms in total. The van der Waals surface area contributed by atoms with Gasteiger partial charge in [0.25, 0.3) is 0 Å². The zero-order valence-corrected chi connectivity index (χ0v) is 13.4. The summed E-state index contributed by atoms with van der Waals surface area (Å²) in [5.74, 6) is 0. The van der Waals surface area contributed by atoms with Crippen LogP contribution in [0, 0.1) is 0 Å². The van der Waals surface area contributed by atoms with Crippen molar-refractivity contribution in [3.63, 3.8) is 0 Å². The second kappa shape index (κ2) is 5.28. The number of imidazole rings is 2. The Hall–Kier alpha value is -3.94. The van der Waals surface area contributed by atoms with Crippen LogP contribution in [-0.4, -0.2) is 28.7 Å². The number of H-pyrrole nitrogens is 2. The molecule has 0 saturated heterocycles. The fraction of sp³-hybridized carbons (Fsp3) is 0. The molecule has 5 aromatic rings. The van der Waals surface area contributed by atoms with E-state index in [-0.39, 0.29) is 11.4 Å². The molecule has 126 valence electrons. The molecular weight excluding hydrogens is 332 g/mol. The molecule has 0 unspecified atom stereocenters. The highest BCUT2D eigenvalue weighted by atomic mass is 16.1. The standard InChI is InChI=1S/C18H12N6O2/c25-17-21-9-13(15-19-5-7-23(15)17)11-1-2-12(4-3-11)14-10-22-18(26)24-8-6-20-16(14)24/h1-10H,(H,21,25)(H,22,26). The van der Waals surface area contributed by atoms with Gasteiger partial charge in [0.15, 0.2) is 0 Å². The second-order valence-electron chi connectivity index (χ2n) is 5.83. The molecule has 0 fully saturated rings. The van der Waals surface area contributed by atoms with Crippen molar-refractivity contribution in [1.82, 2.24) is 28.7 Å². The SMILES string of the molecule is O=c1[nH]cc(-c2ccc(-c3c[nH]c(=O)n4ccnc34)cc2)c2nccn12. The molecule has 26 heavy (non-hydrogen) atoms. The normalized spacial score (nSPS) is 11.4. The minimum atomic E-state index is -0.229. The minimum Gasteiger partial charge on any atom is -0.313 e. The molecule has 0 aliphatic rings. The summed E-state index contributed by atoms with van der Waals surface area (Å²) in [5.41, 5.74) is 4.24. The Morgan fingerprint density at radius 3 is 1.54 bits per heavy atom. The Kier molecular flexibility index (Phi) is 2.93. The molecule has 0 amide bonds. The first-order valence-corrected chi connectivity index (χ1v) is 7.93. The summed E-state index contributed by atoms with van der Waals surface area (Å²) in [4.78, 5) is 37.6. The van der Waals surface area contributed by atoms with Gasteiger partial charge in [-0.1, -0.05) is 24.3 Å². The Bertz CT molecular complexity index is 1260. The Labute approximate surface area is 145 Å². The third kappa shape index (κ3) is 2.02. The lowest BCUT2D eigenvalue weighted by Crippen LogP contribution is -2.15. The fourth-order valence-electron chi connectivity index (χ4n) is 3.12. The van der Waals surface area contributed by atoms with Gasteiger partial charge in [-0.15, -0.1) is 0 Å². The number of aromatic nitrogens is 6. The lowest BCUT2D eigenvalue weighted by atomic mass is 10.0. The maximum absolute atomic E-state index is 11.8. The van der Waals surface area contributed by atoms with Crippen LogP contribution >= 0.6 is 0 Å². The first-order chi connectivity index (χ1) is 12.7. The third-order valence-corrected chi connectivity index (χ3v) is 4.39. The van der Waals surface area contributed by atoms with Crippen LogP contribution in [0.4, 0.5) is 0 Å². The molecule has 1 aromatic carbocycles. The highest BCUT2D eigenvalue weighted by molar-refractivity contribution is 5.81. The molecular formula is C18H12N6O2. The highest BCUT2D eigenvalue weighted by Gasteiger charge is 2.10. The minimum absolute atomic E-state index is 0.229. The maximum Gasteiger partial charge on any atom is 0.331 e. The van der Waals surface area contributed by atoms with Crippen molar-refractivity contribution < 1.29 is 0 Å². The van der Waals surface area contributed by atoms with E-state index in [0.29, 0.717) is 11.3 Å². The summed E-state index contributed by atoms with van der Waals surface area (Å²) >= 11 is 0. The largest absolute Gasteiger partial charge is 0.331 e. The van der Waals surface area contributed by atoms with Crippen LogP contribution in [0.3, 0.4) is 0 Å². The van der Waals surface area contributed by atoms with Crippen molar-refractivity contribution in [3.05, 3.63) is 82.4 Å². The number of fused-ring (bicyclic) bond motifs is 2. The molecule has 0 radical (unpaired) electrons. The zero-order chi connectivity index (χ0) is 17.7. The monoisotopic (exact) mass is 344 g/mol. The van der Waals surface area contributed by atoms with Gasteiger partial charge in [-0.3, -0.25) is 8.80 Å². The molecule has 0 atom stereocenters. The summed E-state index contributed by atoms with van der Waals surface area (Å²) in [5, 5.41) is 0. The number of benzene rings is 1. The molecule has 8 heteroatoms. The molecule has 4 aromatic heterocycles. The van der Waals surface area contributed by atoms with E-state index in [4.69, 9.17) is 0 Å². The summed E-state index contributed by atoms with van der Waals surface area (Å²) in [6, 6.07) is 7.79. The predicted molar refractivity (Wildman–Crippen MR) is 96.1 cm³/mol. The van der Waals surface area contributed by atoms with Gasteiger partial charge < -0.3 is 9.97 Å². The van der Waals surface area contributed by atoms with Crippen LogP contribution < -0.4 is 11.4 Å². The average Bonchev–Trinajstić information content (AvgIpc) is 3.33. The van der Waals surface area contributed by atoms with Crippen LogP contribution in [0.25, 0.3) is 33.5 Å². The van der Waals surface area contributed by atoms with Crippen LogP contribution in [-0.2, 0) is 0 Å². The maximum atomic E-state index is 11.8. The van der Waals surface area contributed by atoms with Gasteiger partial charge in [0.1, 0.15) is 11.3 Å². The first kappa shape index (κ1) is 14.4. The fourth-order valence-corrected chi connectivity index (χ4v) is 3.12. The molecule has 0 aliphatic carbocycles. The van der Waals surface area contributed by atoms with Gasteiger partial charge in [-0.2, -0.15) is 0 Å². The Balaban J connectivity index is 1.65. The molecule has 0 spiro atoms. The molecule has 4 heterocycles. The van der Waals surface area contributed by atoms with Crippen molar-refractivity contribution in [2.75, 3.05) is 0 Å². The second-order valence-corrected chi connectivity index (χ2v) is 5.83. The van der Waals surface area contributed by atoms with E-state index in [1.54, 1.807) is 37.2 Å². The van der Waals surface area contributed by atoms with Crippen molar-refractivity contribution in [1.29, 1.82) is 0 Å². The van der Waals surface area contributed by atoms with Crippen molar-refractivity contribution >= 4 is 11.3 Å². The van der Waals surface area contributed by atoms with Crippen LogP contribution in [0.5, 0.6) is 0 Å². The number of rotatable bonds is 2. The molecule has 2 N–H and O–H groups in total. The van der Waals surface area contributed by atoms with E-state index >= 15 is 0 Å². The zero-order valence-electron chi connectivity index (χ0n) is 13.4. The van der Waals surface area contributed by atoms with Gasteiger partial charge in [0.05, 0.1) is 0 Å². The van der Waals surface area contributed by atoms with Crippen molar-refractivity contribution in [2.24, 2.45) is 0 Å². The van der Waals surface area contributed by atoms with E-state index in [2.05, 4.69) is 19.9 Å². The predicted octanol–water partition coefficient (Wildman–Crippen LogP) is 1.69. The quantitative estimate of drug-likeness (QED) is 0.509. The van der Waals surface area contributed by atoms with Crippen LogP contribution in [0.1, 0.15) is 0 Å². The Morgan fingerprint density at radius 2 is 1.12 bits per heavy atom. The highest BCUT2D eigenvalue weighted by Crippen LogP contribution is 2.27. The first-order valence-electron chi connectivity index (χ1n) is 7.93. The number of nitrogens with one attached hydrogen (secondary N) is 2. The summed E-state index contributed by atoms with van der Waals surface area (Å²) < 4.78 is 2.94. The summed E-state index contributed by atoms with van der Waals surface area (Å²) in [6.45, 7) is 0. The van der Waals surface area contributed by atoms with Crippen LogP contribution in [0.15, 0.2) is 71.0 Å². The lowest BCUT2D eigenvalue weighted by Gasteiger charge is -2.07. The third-order valence-electron chi connectivity index (χ3n) is 4.39. The molecule has 0 saturated carbocycles. The van der Waals surface area contributed by atoms with E-state index in [0.717, 1.165) is 22.3 Å². The Morgan fingerprint density at radius 1 is 0.692 bits per heavy atom. The van der Waals surface area contributed by atoms with Gasteiger partial charge >= 0.3 is 11.4 Å².